The predicted molar refractivity (Wildman–Crippen MR) is 106 cm³/mol. The number of halogens is 1. The number of hydrogen-bond acceptors (Lipinski definition) is 4. The van der Waals surface area contributed by atoms with E-state index in [1.807, 2.05) is 36.4 Å². The number of piperazine rings is 1. The predicted octanol–water partition coefficient (Wildman–Crippen LogP) is 2.81. The van der Waals surface area contributed by atoms with Crippen LogP contribution in [-0.2, 0) is 16.6 Å². The smallest absolute Gasteiger partial charge is 0.243 e. The largest absolute Gasteiger partial charge is 0.497 e. The minimum absolute atomic E-state index is 0.372. The van der Waals surface area contributed by atoms with Crippen LogP contribution < -0.4 is 4.74 Å². The number of benzene rings is 2. The number of hydrogen-bond donors (Lipinski definition) is 0. The van der Waals surface area contributed by atoms with Gasteiger partial charge in [0.05, 0.1) is 12.0 Å². The van der Waals surface area contributed by atoms with Gasteiger partial charge in [0.1, 0.15) is 5.75 Å². The van der Waals surface area contributed by atoms with E-state index in [2.05, 4.69) is 27.5 Å². The van der Waals surface area contributed by atoms with Crippen LogP contribution in [0.5, 0.6) is 5.75 Å². The molecule has 25 heavy (non-hydrogen) atoms. The Labute approximate surface area is 162 Å². The third kappa shape index (κ3) is 4.52. The molecule has 1 aliphatic rings. The highest BCUT2D eigenvalue weighted by Gasteiger charge is 2.28. The van der Waals surface area contributed by atoms with Gasteiger partial charge in [-0.3, -0.25) is 4.90 Å². The number of ether oxygens (including phenoxy) is 1. The fraction of sp³-hybridized carbons (Fsp3) is 0.333. The summed E-state index contributed by atoms with van der Waals surface area (Å²) in [4.78, 5) is 2.65. The van der Waals surface area contributed by atoms with Gasteiger partial charge in [-0.05, 0) is 64.6 Å². The van der Waals surface area contributed by atoms with E-state index in [0.29, 0.717) is 18.0 Å². The molecule has 0 amide bonds. The Morgan fingerprint density at radius 2 is 1.56 bits per heavy atom. The van der Waals surface area contributed by atoms with Gasteiger partial charge in [0.2, 0.25) is 10.0 Å². The molecule has 0 aliphatic carbocycles. The summed E-state index contributed by atoms with van der Waals surface area (Å²) in [6, 6.07) is 15.0. The van der Waals surface area contributed by atoms with Crippen LogP contribution in [0, 0.1) is 3.57 Å². The van der Waals surface area contributed by atoms with Gasteiger partial charge in [0.25, 0.3) is 0 Å². The summed E-state index contributed by atoms with van der Waals surface area (Å²) < 4.78 is 33.2. The summed E-state index contributed by atoms with van der Waals surface area (Å²) in [5.41, 5.74) is 1.20. The normalized spacial score (nSPS) is 16.7. The number of sulfonamides is 1. The Balaban J connectivity index is 1.60. The van der Waals surface area contributed by atoms with Crippen LogP contribution in [0.15, 0.2) is 53.4 Å². The topological polar surface area (TPSA) is 49.9 Å². The molecule has 3 rings (SSSR count). The maximum absolute atomic E-state index is 12.7. The molecular formula is C18H21IN2O3S. The van der Waals surface area contributed by atoms with E-state index in [4.69, 9.17) is 4.74 Å². The van der Waals surface area contributed by atoms with Gasteiger partial charge in [0.15, 0.2) is 0 Å². The van der Waals surface area contributed by atoms with Gasteiger partial charge in [-0.2, -0.15) is 4.31 Å². The van der Waals surface area contributed by atoms with E-state index in [1.54, 1.807) is 23.5 Å². The molecule has 2 aromatic carbocycles. The zero-order valence-corrected chi connectivity index (χ0v) is 17.0. The van der Waals surface area contributed by atoms with Crippen LogP contribution in [0.3, 0.4) is 0 Å². The highest BCUT2D eigenvalue weighted by atomic mass is 127. The first-order valence-corrected chi connectivity index (χ1v) is 10.6. The summed E-state index contributed by atoms with van der Waals surface area (Å²) in [7, 11) is -1.74. The van der Waals surface area contributed by atoms with E-state index < -0.39 is 10.0 Å². The van der Waals surface area contributed by atoms with Crippen LogP contribution in [0.25, 0.3) is 0 Å². The number of nitrogens with zero attached hydrogens (tertiary/aromatic N) is 2. The molecule has 7 heteroatoms. The molecule has 0 aromatic heterocycles. The molecule has 0 unspecified atom stereocenters. The lowest BCUT2D eigenvalue weighted by molar-refractivity contribution is 0.181. The van der Waals surface area contributed by atoms with Gasteiger partial charge in [-0.1, -0.05) is 12.1 Å². The quantitative estimate of drug-likeness (QED) is 0.629. The summed E-state index contributed by atoms with van der Waals surface area (Å²) >= 11 is 2.17. The van der Waals surface area contributed by atoms with Gasteiger partial charge in [0, 0.05) is 36.3 Å². The van der Waals surface area contributed by atoms with E-state index in [-0.39, 0.29) is 0 Å². The van der Waals surface area contributed by atoms with Crippen molar-refractivity contribution >= 4 is 32.6 Å². The molecule has 2 aromatic rings. The average Bonchev–Trinajstić information content (AvgIpc) is 2.63. The third-order valence-corrected chi connectivity index (χ3v) is 6.98. The van der Waals surface area contributed by atoms with E-state index in [1.165, 1.54) is 5.56 Å². The van der Waals surface area contributed by atoms with Crippen molar-refractivity contribution in [3.8, 4) is 5.75 Å². The number of methoxy groups -OCH3 is 1. The molecule has 0 spiro atoms. The molecule has 1 fully saturated rings. The zero-order chi connectivity index (χ0) is 17.9. The Hall–Kier alpha value is -1.16. The maximum Gasteiger partial charge on any atom is 0.243 e. The first kappa shape index (κ1) is 18.6. The minimum Gasteiger partial charge on any atom is -0.497 e. The van der Waals surface area contributed by atoms with E-state index >= 15 is 0 Å². The Morgan fingerprint density at radius 1 is 0.960 bits per heavy atom. The first-order chi connectivity index (χ1) is 12.0. The molecule has 0 radical (unpaired) electrons. The molecule has 0 atom stereocenters. The van der Waals surface area contributed by atoms with Crippen molar-refractivity contribution in [2.24, 2.45) is 0 Å². The highest BCUT2D eigenvalue weighted by molar-refractivity contribution is 14.1. The Kier molecular flexibility index (Phi) is 5.98. The van der Waals surface area contributed by atoms with E-state index in [0.717, 1.165) is 29.0 Å². The van der Waals surface area contributed by atoms with Gasteiger partial charge in [-0.25, -0.2) is 8.42 Å². The molecule has 1 saturated heterocycles. The number of rotatable bonds is 5. The van der Waals surface area contributed by atoms with Crippen LogP contribution in [0.4, 0.5) is 0 Å². The van der Waals surface area contributed by atoms with Gasteiger partial charge < -0.3 is 4.74 Å². The van der Waals surface area contributed by atoms with Gasteiger partial charge >= 0.3 is 0 Å². The van der Waals surface area contributed by atoms with Crippen molar-refractivity contribution < 1.29 is 13.2 Å². The standard InChI is InChI=1S/C18H21IN2O3S/c1-24-17-6-2-15(3-7-17)14-20-10-12-21(13-11-20)25(22,23)18-8-4-16(19)5-9-18/h2-9H,10-14H2,1H3. The van der Waals surface area contributed by atoms with Crippen LogP contribution in [0.2, 0.25) is 0 Å². The van der Waals surface area contributed by atoms with Crippen molar-refractivity contribution in [1.82, 2.24) is 9.21 Å². The minimum atomic E-state index is -3.40. The average molecular weight is 472 g/mol. The molecule has 134 valence electrons. The SMILES string of the molecule is COc1ccc(CN2CCN(S(=O)(=O)c3ccc(I)cc3)CC2)cc1. The van der Waals surface area contributed by atoms with Crippen molar-refractivity contribution in [2.75, 3.05) is 33.3 Å². The molecular weight excluding hydrogens is 451 g/mol. The third-order valence-electron chi connectivity index (χ3n) is 4.35. The molecule has 0 saturated carbocycles. The second-order valence-electron chi connectivity index (χ2n) is 5.98. The summed E-state index contributed by atoms with van der Waals surface area (Å²) in [6.45, 7) is 3.32. The maximum atomic E-state index is 12.7. The highest BCUT2D eigenvalue weighted by Crippen LogP contribution is 2.20. The Bertz CT molecular complexity index is 799. The fourth-order valence-electron chi connectivity index (χ4n) is 2.87. The second kappa shape index (κ2) is 8.03. The summed E-state index contributed by atoms with van der Waals surface area (Å²) in [5.74, 6) is 0.845. The molecule has 0 N–H and O–H groups in total. The summed E-state index contributed by atoms with van der Waals surface area (Å²) in [6.07, 6.45) is 0. The van der Waals surface area contributed by atoms with Crippen LogP contribution >= 0.6 is 22.6 Å². The van der Waals surface area contributed by atoms with Gasteiger partial charge in [-0.15, -0.1) is 0 Å². The van der Waals surface area contributed by atoms with Crippen molar-refractivity contribution in [1.29, 1.82) is 0 Å². The van der Waals surface area contributed by atoms with Crippen molar-refractivity contribution in [2.45, 2.75) is 11.4 Å². The lowest BCUT2D eigenvalue weighted by atomic mass is 10.2. The Morgan fingerprint density at radius 3 is 2.12 bits per heavy atom. The second-order valence-corrected chi connectivity index (χ2v) is 9.17. The first-order valence-electron chi connectivity index (χ1n) is 8.10. The van der Waals surface area contributed by atoms with Crippen LogP contribution in [-0.4, -0.2) is 50.9 Å². The van der Waals surface area contributed by atoms with Crippen molar-refractivity contribution in [3.05, 3.63) is 57.7 Å². The molecule has 1 aliphatic heterocycles. The molecule has 5 nitrogen and oxygen atoms in total. The summed E-state index contributed by atoms with van der Waals surface area (Å²) in [5, 5.41) is 0. The monoisotopic (exact) mass is 472 g/mol. The molecule has 1 heterocycles. The lowest BCUT2D eigenvalue weighted by Gasteiger charge is -2.34. The molecule has 0 bridgehead atoms. The van der Waals surface area contributed by atoms with Crippen LogP contribution in [0.1, 0.15) is 5.56 Å². The van der Waals surface area contributed by atoms with E-state index in [9.17, 15) is 8.42 Å². The lowest BCUT2D eigenvalue weighted by Crippen LogP contribution is -2.48. The fourth-order valence-corrected chi connectivity index (χ4v) is 4.65. The zero-order valence-electron chi connectivity index (χ0n) is 14.1. The van der Waals surface area contributed by atoms with Crippen molar-refractivity contribution in [3.63, 3.8) is 0 Å².